The number of ether oxygens (including phenoxy) is 1. The molecule has 0 bridgehead atoms. The fourth-order valence-electron chi connectivity index (χ4n) is 3.67. The molecule has 1 saturated carbocycles. The average molecular weight is 303 g/mol. The summed E-state index contributed by atoms with van der Waals surface area (Å²) in [6.45, 7) is 0.894. The number of hydrogen-bond donors (Lipinski definition) is 2. The molecule has 1 aliphatic heterocycles. The molecule has 1 spiro atoms. The van der Waals surface area contributed by atoms with Gasteiger partial charge in [0.2, 0.25) is 0 Å². The molecule has 1 aromatic carbocycles. The van der Waals surface area contributed by atoms with Crippen molar-refractivity contribution in [3.63, 3.8) is 0 Å². The van der Waals surface area contributed by atoms with E-state index in [0.717, 1.165) is 41.3 Å². The van der Waals surface area contributed by atoms with Gasteiger partial charge >= 0.3 is 0 Å². The quantitative estimate of drug-likeness (QED) is 0.830. The third kappa shape index (κ3) is 2.64. The number of nitrogens with two attached hydrogens (primary N) is 1. The number of nitrogen functional groups attached to an aromatic ring is 1. The number of aromatic nitrogens is 2. The minimum atomic E-state index is 0.173. The summed E-state index contributed by atoms with van der Waals surface area (Å²) in [6, 6.07) is 5.84. The normalized spacial score (nSPS) is 24.9. The summed E-state index contributed by atoms with van der Waals surface area (Å²) in [5.41, 5.74) is 8.80. The molecule has 3 N–H and O–H groups in total. The predicted molar refractivity (Wildman–Crippen MR) is 86.5 cm³/mol. The fraction of sp³-hybridized carbons (Fsp3) is 0.562. The van der Waals surface area contributed by atoms with Gasteiger partial charge in [-0.1, -0.05) is 24.6 Å². The van der Waals surface area contributed by atoms with Crippen LogP contribution in [-0.4, -0.2) is 27.4 Å². The number of rotatable bonds is 2. The molecule has 2 aliphatic rings. The number of thioether (sulfide) groups is 1. The van der Waals surface area contributed by atoms with Crippen molar-refractivity contribution >= 4 is 28.5 Å². The van der Waals surface area contributed by atoms with Crippen molar-refractivity contribution in [3.05, 3.63) is 18.2 Å². The van der Waals surface area contributed by atoms with E-state index in [1.54, 1.807) is 0 Å². The smallest absolute Gasteiger partial charge is 0.166 e. The summed E-state index contributed by atoms with van der Waals surface area (Å²) in [4.78, 5) is 8.07. The number of nitrogens with zero attached hydrogens (tertiary/aromatic N) is 1. The van der Waals surface area contributed by atoms with E-state index in [1.807, 2.05) is 30.0 Å². The molecule has 1 aromatic heterocycles. The van der Waals surface area contributed by atoms with Gasteiger partial charge in [-0.05, 0) is 43.9 Å². The highest BCUT2D eigenvalue weighted by atomic mass is 32.2. The molecular formula is C16H21N3OS. The van der Waals surface area contributed by atoms with Crippen molar-refractivity contribution in [1.82, 2.24) is 9.97 Å². The standard InChI is InChI=1S/C16H21N3OS/c17-11-3-4-13-14(9-11)19-15(18-13)21-12-5-8-20-16(10-12)6-1-2-7-16/h3-4,9,12H,1-2,5-8,10,17H2,(H,18,19). The molecule has 4 nitrogen and oxygen atoms in total. The van der Waals surface area contributed by atoms with Crippen LogP contribution in [0.1, 0.15) is 38.5 Å². The second-order valence-electron chi connectivity index (χ2n) is 6.29. The molecule has 1 atom stereocenters. The highest BCUT2D eigenvalue weighted by Crippen LogP contribution is 2.44. The number of anilines is 1. The number of aromatic amines is 1. The lowest BCUT2D eigenvalue weighted by molar-refractivity contribution is -0.0704. The Kier molecular flexibility index (Phi) is 3.34. The first-order valence-corrected chi connectivity index (χ1v) is 8.66. The molecule has 0 radical (unpaired) electrons. The van der Waals surface area contributed by atoms with Gasteiger partial charge < -0.3 is 15.5 Å². The van der Waals surface area contributed by atoms with Gasteiger partial charge in [0.15, 0.2) is 5.16 Å². The molecule has 1 saturated heterocycles. The molecule has 2 fully saturated rings. The molecule has 0 amide bonds. The van der Waals surface area contributed by atoms with Crippen molar-refractivity contribution in [2.75, 3.05) is 12.3 Å². The van der Waals surface area contributed by atoms with Gasteiger partial charge in [0.05, 0.1) is 16.6 Å². The van der Waals surface area contributed by atoms with Crippen molar-refractivity contribution in [3.8, 4) is 0 Å². The largest absolute Gasteiger partial charge is 0.399 e. The second-order valence-corrected chi connectivity index (χ2v) is 7.58. The number of benzene rings is 1. The maximum atomic E-state index is 6.11. The van der Waals surface area contributed by atoms with Gasteiger partial charge in [0.25, 0.3) is 0 Å². The Morgan fingerprint density at radius 1 is 1.33 bits per heavy atom. The third-order valence-electron chi connectivity index (χ3n) is 4.73. The zero-order valence-corrected chi connectivity index (χ0v) is 12.9. The lowest BCUT2D eigenvalue weighted by atomic mass is 9.92. The number of hydrogen-bond acceptors (Lipinski definition) is 4. The lowest BCUT2D eigenvalue weighted by Crippen LogP contribution is -2.38. The number of H-pyrrole nitrogens is 1. The molecule has 112 valence electrons. The molecule has 2 heterocycles. The fourth-order valence-corrected chi connectivity index (χ4v) is 4.91. The summed E-state index contributed by atoms with van der Waals surface area (Å²) in [7, 11) is 0. The van der Waals surface area contributed by atoms with E-state index in [9.17, 15) is 0 Å². The van der Waals surface area contributed by atoms with Crippen molar-refractivity contribution < 1.29 is 4.74 Å². The topological polar surface area (TPSA) is 63.9 Å². The summed E-state index contributed by atoms with van der Waals surface area (Å²) >= 11 is 1.87. The lowest BCUT2D eigenvalue weighted by Gasteiger charge is -2.37. The zero-order valence-electron chi connectivity index (χ0n) is 12.1. The van der Waals surface area contributed by atoms with Gasteiger partial charge in [0, 0.05) is 17.5 Å². The molecule has 1 unspecified atom stereocenters. The Hall–Kier alpha value is -1.20. The van der Waals surface area contributed by atoms with Gasteiger partial charge in [0.1, 0.15) is 0 Å². The Morgan fingerprint density at radius 3 is 3.05 bits per heavy atom. The van der Waals surface area contributed by atoms with E-state index in [0.29, 0.717) is 5.25 Å². The second kappa shape index (κ2) is 5.21. The monoisotopic (exact) mass is 303 g/mol. The minimum Gasteiger partial charge on any atom is -0.399 e. The van der Waals surface area contributed by atoms with Crippen LogP contribution in [0.3, 0.4) is 0 Å². The Balaban J connectivity index is 1.51. The molecule has 21 heavy (non-hydrogen) atoms. The van der Waals surface area contributed by atoms with Gasteiger partial charge in [-0.25, -0.2) is 4.98 Å². The van der Waals surface area contributed by atoms with Crippen LogP contribution in [-0.2, 0) is 4.74 Å². The van der Waals surface area contributed by atoms with Crippen LogP contribution in [0, 0.1) is 0 Å². The Labute approximate surface area is 128 Å². The average Bonchev–Trinajstić information content (AvgIpc) is 3.05. The summed E-state index contributed by atoms with van der Waals surface area (Å²) in [5.74, 6) is 0. The van der Waals surface area contributed by atoms with Crippen LogP contribution in [0.15, 0.2) is 23.4 Å². The maximum absolute atomic E-state index is 6.11. The highest BCUT2D eigenvalue weighted by molar-refractivity contribution is 7.99. The van der Waals surface area contributed by atoms with E-state index in [-0.39, 0.29) is 5.60 Å². The number of nitrogens with one attached hydrogen (secondary N) is 1. The van der Waals surface area contributed by atoms with Gasteiger partial charge in [-0.15, -0.1) is 0 Å². The highest BCUT2D eigenvalue weighted by Gasteiger charge is 2.40. The molecule has 2 aromatic rings. The maximum Gasteiger partial charge on any atom is 0.166 e. The number of imidazole rings is 1. The van der Waals surface area contributed by atoms with E-state index in [2.05, 4.69) is 9.97 Å². The SMILES string of the molecule is Nc1ccc2nc(SC3CCOC4(CCCC4)C3)[nH]c2c1. The predicted octanol–water partition coefficient (Wildman–Crippen LogP) is 3.73. The van der Waals surface area contributed by atoms with Crippen LogP contribution in [0.25, 0.3) is 11.0 Å². The Morgan fingerprint density at radius 2 is 2.19 bits per heavy atom. The van der Waals surface area contributed by atoms with Crippen LogP contribution in [0.5, 0.6) is 0 Å². The first-order chi connectivity index (χ1) is 10.2. The molecule has 4 rings (SSSR count). The summed E-state index contributed by atoms with van der Waals surface area (Å²) in [6.07, 6.45) is 7.40. The Bertz CT molecular complexity index is 648. The van der Waals surface area contributed by atoms with Crippen LogP contribution >= 0.6 is 11.8 Å². The molecule has 1 aliphatic carbocycles. The number of fused-ring (bicyclic) bond motifs is 1. The first kappa shape index (κ1) is 13.5. The van der Waals surface area contributed by atoms with Crippen molar-refractivity contribution in [2.24, 2.45) is 0 Å². The van der Waals surface area contributed by atoms with Crippen molar-refractivity contribution in [2.45, 2.75) is 54.5 Å². The van der Waals surface area contributed by atoms with E-state index in [1.165, 1.54) is 25.7 Å². The van der Waals surface area contributed by atoms with E-state index < -0.39 is 0 Å². The summed E-state index contributed by atoms with van der Waals surface area (Å²) < 4.78 is 6.11. The van der Waals surface area contributed by atoms with Crippen LogP contribution < -0.4 is 5.73 Å². The zero-order chi connectivity index (χ0) is 14.3. The van der Waals surface area contributed by atoms with Crippen LogP contribution in [0.4, 0.5) is 5.69 Å². The van der Waals surface area contributed by atoms with Gasteiger partial charge in [-0.3, -0.25) is 0 Å². The summed E-state index contributed by atoms with van der Waals surface area (Å²) in [5, 5.41) is 1.62. The molecular weight excluding hydrogens is 282 g/mol. The first-order valence-electron chi connectivity index (χ1n) is 7.78. The minimum absolute atomic E-state index is 0.173. The molecule has 5 heteroatoms. The van der Waals surface area contributed by atoms with Crippen LogP contribution in [0.2, 0.25) is 0 Å². The van der Waals surface area contributed by atoms with E-state index in [4.69, 9.17) is 10.5 Å². The van der Waals surface area contributed by atoms with Crippen molar-refractivity contribution in [1.29, 1.82) is 0 Å². The van der Waals surface area contributed by atoms with Gasteiger partial charge in [-0.2, -0.15) is 0 Å². The third-order valence-corrected chi connectivity index (χ3v) is 5.88. The van der Waals surface area contributed by atoms with E-state index >= 15 is 0 Å².